The maximum Gasteiger partial charge on any atom is 0.162 e. The zero-order chi connectivity index (χ0) is 10.1. The van der Waals surface area contributed by atoms with E-state index in [1.165, 1.54) is 6.33 Å². The van der Waals surface area contributed by atoms with Crippen molar-refractivity contribution < 1.29 is 4.74 Å². The van der Waals surface area contributed by atoms with E-state index in [1.54, 1.807) is 11.8 Å². The molecule has 0 aliphatic carbocycles. The second-order valence-electron chi connectivity index (χ2n) is 2.87. The van der Waals surface area contributed by atoms with E-state index < -0.39 is 0 Å². The molecule has 0 aliphatic rings. The van der Waals surface area contributed by atoms with Crippen LogP contribution in [-0.2, 0) is 18.4 Å². The van der Waals surface area contributed by atoms with Gasteiger partial charge < -0.3 is 4.74 Å². The predicted molar refractivity (Wildman–Crippen MR) is 52.0 cm³/mol. The van der Waals surface area contributed by atoms with Gasteiger partial charge in [0.25, 0.3) is 0 Å². The molecule has 0 aromatic carbocycles. The van der Waals surface area contributed by atoms with Crippen molar-refractivity contribution in [3.63, 3.8) is 0 Å². The number of nitrogens with zero attached hydrogens (tertiary/aromatic N) is 4. The van der Waals surface area contributed by atoms with Crippen molar-refractivity contribution in [2.24, 2.45) is 7.05 Å². The number of aryl methyl sites for hydroxylation is 1. The fourth-order valence-corrected chi connectivity index (χ4v) is 1.60. The molecule has 0 N–H and O–H groups in total. The zero-order valence-corrected chi connectivity index (χ0v) is 8.62. The predicted octanol–water partition coefficient (Wildman–Crippen LogP) is 1.16. The van der Waals surface area contributed by atoms with Crippen molar-refractivity contribution in [3.8, 4) is 0 Å². The fraction of sp³-hybridized carbons (Fsp3) is 0.375. The first-order chi connectivity index (χ1) is 6.74. The Bertz CT molecular complexity index is 468. The molecule has 0 unspecified atom stereocenters. The SMILES string of the molecule is COCc1nn(C)c2ncnc(Cl)c12. The van der Waals surface area contributed by atoms with E-state index in [2.05, 4.69) is 15.1 Å². The lowest BCUT2D eigenvalue weighted by Gasteiger charge is -1.95. The first-order valence-corrected chi connectivity index (χ1v) is 4.43. The fourth-order valence-electron chi connectivity index (χ4n) is 1.37. The number of rotatable bonds is 2. The molecule has 0 saturated heterocycles. The molecular weight excluding hydrogens is 204 g/mol. The van der Waals surface area contributed by atoms with Crippen LogP contribution in [0.5, 0.6) is 0 Å². The lowest BCUT2D eigenvalue weighted by Crippen LogP contribution is -1.93. The van der Waals surface area contributed by atoms with Gasteiger partial charge >= 0.3 is 0 Å². The number of halogens is 1. The largest absolute Gasteiger partial charge is 0.378 e. The summed E-state index contributed by atoms with van der Waals surface area (Å²) in [6.07, 6.45) is 1.42. The molecule has 0 aliphatic heterocycles. The van der Waals surface area contributed by atoms with Gasteiger partial charge in [0.1, 0.15) is 17.2 Å². The molecule has 14 heavy (non-hydrogen) atoms. The molecule has 6 heteroatoms. The van der Waals surface area contributed by atoms with Gasteiger partial charge in [-0.05, 0) is 0 Å². The third-order valence-electron chi connectivity index (χ3n) is 1.93. The molecule has 5 nitrogen and oxygen atoms in total. The van der Waals surface area contributed by atoms with Gasteiger partial charge in [0.2, 0.25) is 0 Å². The van der Waals surface area contributed by atoms with Gasteiger partial charge in [0.15, 0.2) is 5.65 Å². The maximum absolute atomic E-state index is 5.95. The zero-order valence-electron chi connectivity index (χ0n) is 7.86. The Kier molecular flexibility index (Phi) is 2.35. The molecule has 0 atom stereocenters. The molecule has 0 spiro atoms. The number of fused-ring (bicyclic) bond motifs is 1. The standard InChI is InChI=1S/C8H9ClN4O/c1-13-8-6(5(12-13)3-14-2)7(9)10-4-11-8/h4H,3H2,1-2H3. The Morgan fingerprint density at radius 3 is 3.00 bits per heavy atom. The highest BCUT2D eigenvalue weighted by molar-refractivity contribution is 6.34. The highest BCUT2D eigenvalue weighted by atomic mass is 35.5. The minimum Gasteiger partial charge on any atom is -0.378 e. The molecule has 2 aromatic rings. The third kappa shape index (κ3) is 1.34. The van der Waals surface area contributed by atoms with Crippen LogP contribution >= 0.6 is 11.6 Å². The van der Waals surface area contributed by atoms with Gasteiger partial charge in [-0.25, -0.2) is 14.6 Å². The molecule has 2 heterocycles. The molecule has 0 fully saturated rings. The topological polar surface area (TPSA) is 52.8 Å². The summed E-state index contributed by atoms with van der Waals surface area (Å²) in [5.41, 5.74) is 1.48. The molecule has 0 saturated carbocycles. The number of methoxy groups -OCH3 is 1. The maximum atomic E-state index is 5.95. The van der Waals surface area contributed by atoms with E-state index in [-0.39, 0.29) is 0 Å². The summed E-state index contributed by atoms with van der Waals surface area (Å²) in [7, 11) is 3.42. The number of hydrogen-bond donors (Lipinski definition) is 0. The summed E-state index contributed by atoms with van der Waals surface area (Å²) in [5, 5.41) is 5.42. The molecule has 2 aromatic heterocycles. The molecule has 0 amide bonds. The second kappa shape index (κ2) is 3.51. The first kappa shape index (κ1) is 9.36. The lowest BCUT2D eigenvalue weighted by atomic mass is 10.3. The average molecular weight is 213 g/mol. The van der Waals surface area contributed by atoms with Gasteiger partial charge in [-0.1, -0.05) is 11.6 Å². The van der Waals surface area contributed by atoms with Crippen molar-refractivity contribution >= 4 is 22.6 Å². The van der Waals surface area contributed by atoms with Crippen molar-refractivity contribution in [1.29, 1.82) is 0 Å². The third-order valence-corrected chi connectivity index (χ3v) is 2.21. The smallest absolute Gasteiger partial charge is 0.162 e. The monoisotopic (exact) mass is 212 g/mol. The number of hydrogen-bond acceptors (Lipinski definition) is 4. The van der Waals surface area contributed by atoms with Crippen molar-refractivity contribution in [2.75, 3.05) is 7.11 Å². The number of ether oxygens (including phenoxy) is 1. The van der Waals surface area contributed by atoms with Crippen LogP contribution in [-0.4, -0.2) is 26.9 Å². The van der Waals surface area contributed by atoms with Crippen LogP contribution in [0.1, 0.15) is 5.69 Å². The van der Waals surface area contributed by atoms with Crippen molar-refractivity contribution in [1.82, 2.24) is 19.7 Å². The van der Waals surface area contributed by atoms with E-state index in [0.717, 1.165) is 16.7 Å². The van der Waals surface area contributed by atoms with E-state index in [9.17, 15) is 0 Å². The molecule has 74 valence electrons. The molecular formula is C8H9ClN4O. The van der Waals surface area contributed by atoms with E-state index in [1.807, 2.05) is 7.05 Å². The van der Waals surface area contributed by atoms with Crippen molar-refractivity contribution in [3.05, 3.63) is 17.2 Å². The summed E-state index contributed by atoms with van der Waals surface area (Å²) >= 11 is 5.95. The summed E-state index contributed by atoms with van der Waals surface area (Å²) < 4.78 is 6.68. The van der Waals surface area contributed by atoms with Gasteiger partial charge in [-0.2, -0.15) is 5.10 Å². The number of aromatic nitrogens is 4. The highest BCUT2D eigenvalue weighted by Crippen LogP contribution is 2.22. The minimum atomic E-state index is 0.407. The van der Waals surface area contributed by atoms with Gasteiger partial charge in [-0.3, -0.25) is 0 Å². The lowest BCUT2D eigenvalue weighted by molar-refractivity contribution is 0.182. The van der Waals surface area contributed by atoms with Crippen LogP contribution in [0.4, 0.5) is 0 Å². The quantitative estimate of drug-likeness (QED) is 0.702. The van der Waals surface area contributed by atoms with Crippen LogP contribution in [0.2, 0.25) is 5.15 Å². The van der Waals surface area contributed by atoms with Crippen LogP contribution in [0.15, 0.2) is 6.33 Å². The van der Waals surface area contributed by atoms with Gasteiger partial charge in [0, 0.05) is 14.2 Å². The Morgan fingerprint density at radius 1 is 1.50 bits per heavy atom. The van der Waals surface area contributed by atoms with E-state index >= 15 is 0 Å². The van der Waals surface area contributed by atoms with Crippen molar-refractivity contribution in [2.45, 2.75) is 6.61 Å². The summed E-state index contributed by atoms with van der Waals surface area (Å²) in [5.74, 6) is 0. The van der Waals surface area contributed by atoms with Crippen LogP contribution in [0.3, 0.4) is 0 Å². The van der Waals surface area contributed by atoms with E-state index in [0.29, 0.717) is 11.8 Å². The minimum absolute atomic E-state index is 0.407. The normalized spacial score (nSPS) is 11.1. The van der Waals surface area contributed by atoms with Crippen LogP contribution < -0.4 is 0 Å². The highest BCUT2D eigenvalue weighted by Gasteiger charge is 2.13. The molecule has 2 rings (SSSR count). The van der Waals surface area contributed by atoms with Crippen LogP contribution in [0, 0.1) is 0 Å². The van der Waals surface area contributed by atoms with Gasteiger partial charge in [0.05, 0.1) is 12.0 Å². The Labute approximate surface area is 85.7 Å². The summed E-state index contributed by atoms with van der Waals surface area (Å²) in [6, 6.07) is 0. The summed E-state index contributed by atoms with van der Waals surface area (Å²) in [6.45, 7) is 0.407. The molecule has 0 bridgehead atoms. The van der Waals surface area contributed by atoms with Crippen LogP contribution in [0.25, 0.3) is 11.0 Å². The van der Waals surface area contributed by atoms with E-state index in [4.69, 9.17) is 16.3 Å². The second-order valence-corrected chi connectivity index (χ2v) is 3.22. The Balaban J connectivity index is 2.72. The average Bonchev–Trinajstić information content (AvgIpc) is 2.46. The summed E-state index contributed by atoms with van der Waals surface area (Å²) in [4.78, 5) is 8.00. The Hall–Kier alpha value is -1.20. The first-order valence-electron chi connectivity index (χ1n) is 4.05. The Morgan fingerprint density at radius 2 is 2.29 bits per heavy atom. The molecule has 0 radical (unpaired) electrons. The van der Waals surface area contributed by atoms with Gasteiger partial charge in [-0.15, -0.1) is 0 Å².